The van der Waals surface area contributed by atoms with E-state index in [0.29, 0.717) is 16.0 Å². The molecule has 0 unspecified atom stereocenters. The van der Waals surface area contributed by atoms with Crippen LogP contribution in [0.25, 0.3) is 0 Å². The minimum atomic E-state index is 0.626. The van der Waals surface area contributed by atoms with Gasteiger partial charge in [0.2, 0.25) is 0 Å². The third-order valence-corrected chi connectivity index (χ3v) is 3.43. The predicted molar refractivity (Wildman–Crippen MR) is 81.6 cm³/mol. The quantitative estimate of drug-likeness (QED) is 0.564. The first-order valence-corrected chi connectivity index (χ1v) is 7.15. The molecule has 100 valence electrons. The van der Waals surface area contributed by atoms with Crippen LogP contribution in [0.4, 0.5) is 0 Å². The summed E-state index contributed by atoms with van der Waals surface area (Å²) < 4.78 is 0. The molecule has 0 atom stereocenters. The van der Waals surface area contributed by atoms with Gasteiger partial charge in [0.05, 0.1) is 10.0 Å². The van der Waals surface area contributed by atoms with Crippen molar-refractivity contribution in [1.82, 2.24) is 5.32 Å². The molecule has 0 saturated carbocycles. The molecule has 1 rings (SSSR count). The highest BCUT2D eigenvalue weighted by Gasteiger charge is 2.01. The van der Waals surface area contributed by atoms with Crippen molar-refractivity contribution in [2.45, 2.75) is 26.7 Å². The molecule has 0 heterocycles. The first kappa shape index (κ1) is 15.6. The van der Waals surface area contributed by atoms with E-state index in [2.05, 4.69) is 31.3 Å². The van der Waals surface area contributed by atoms with Gasteiger partial charge in [0.1, 0.15) is 0 Å². The second-order valence-corrected chi connectivity index (χ2v) is 5.56. The highest BCUT2D eigenvalue weighted by atomic mass is 35.5. The van der Waals surface area contributed by atoms with E-state index < -0.39 is 0 Å². The molecule has 0 aliphatic heterocycles. The van der Waals surface area contributed by atoms with Gasteiger partial charge in [-0.3, -0.25) is 0 Å². The van der Waals surface area contributed by atoms with E-state index in [1.54, 1.807) is 0 Å². The Morgan fingerprint density at radius 2 is 2.00 bits per heavy atom. The van der Waals surface area contributed by atoms with E-state index in [4.69, 9.17) is 23.2 Å². The fourth-order valence-corrected chi connectivity index (χ4v) is 2.01. The Bertz CT molecular complexity index is 386. The first-order chi connectivity index (χ1) is 8.61. The average Bonchev–Trinajstić information content (AvgIpc) is 2.32. The molecule has 1 aromatic rings. The zero-order valence-corrected chi connectivity index (χ0v) is 12.6. The number of allylic oxidation sites excluding steroid dienone is 1. The van der Waals surface area contributed by atoms with Crippen molar-refractivity contribution in [3.8, 4) is 0 Å². The van der Waals surface area contributed by atoms with E-state index in [-0.39, 0.29) is 0 Å². The Hall–Kier alpha value is -0.500. The first-order valence-electron chi connectivity index (χ1n) is 6.40. The Morgan fingerprint density at radius 1 is 1.22 bits per heavy atom. The summed E-state index contributed by atoms with van der Waals surface area (Å²) in [5.41, 5.74) is 1.08. The van der Waals surface area contributed by atoms with Crippen LogP contribution in [-0.4, -0.2) is 13.1 Å². The van der Waals surface area contributed by atoms with Gasteiger partial charge >= 0.3 is 0 Å². The van der Waals surface area contributed by atoms with Crippen molar-refractivity contribution in [3.05, 3.63) is 46.0 Å². The summed E-state index contributed by atoms with van der Waals surface area (Å²) in [4.78, 5) is 0. The molecular weight excluding hydrogens is 265 g/mol. The van der Waals surface area contributed by atoms with Crippen LogP contribution >= 0.6 is 23.2 Å². The van der Waals surface area contributed by atoms with E-state index >= 15 is 0 Å². The minimum Gasteiger partial charge on any atom is -0.316 e. The van der Waals surface area contributed by atoms with E-state index in [0.717, 1.165) is 31.5 Å². The Labute approximate surface area is 120 Å². The van der Waals surface area contributed by atoms with E-state index in [1.807, 2.05) is 18.2 Å². The average molecular weight is 286 g/mol. The Kier molecular flexibility index (Phi) is 7.41. The molecule has 3 heteroatoms. The van der Waals surface area contributed by atoms with Crippen molar-refractivity contribution in [1.29, 1.82) is 0 Å². The van der Waals surface area contributed by atoms with Crippen LogP contribution in [0, 0.1) is 5.92 Å². The monoisotopic (exact) mass is 285 g/mol. The summed E-state index contributed by atoms with van der Waals surface area (Å²) in [6.45, 7) is 6.53. The minimum absolute atomic E-state index is 0.626. The molecule has 0 radical (unpaired) electrons. The Morgan fingerprint density at radius 3 is 2.72 bits per heavy atom. The van der Waals surface area contributed by atoms with Gasteiger partial charge in [0, 0.05) is 0 Å². The third-order valence-electron chi connectivity index (χ3n) is 2.58. The largest absolute Gasteiger partial charge is 0.316 e. The van der Waals surface area contributed by atoms with Gasteiger partial charge in [0.25, 0.3) is 0 Å². The molecule has 1 nitrogen and oxygen atoms in total. The van der Waals surface area contributed by atoms with Crippen LogP contribution < -0.4 is 5.32 Å². The number of hydrogen-bond donors (Lipinski definition) is 1. The second-order valence-electron chi connectivity index (χ2n) is 4.78. The standard InChI is InChI=1S/C15H21Cl2N/c1-12(2)11-18-10-5-3-4-7-13-8-6-9-14(16)15(13)17/h3-4,6,8-9,12,18H,5,7,10-11H2,1-2H3/b4-3+. The van der Waals surface area contributed by atoms with Crippen LogP contribution in [-0.2, 0) is 6.42 Å². The van der Waals surface area contributed by atoms with Crippen LogP contribution in [0.1, 0.15) is 25.8 Å². The highest BCUT2D eigenvalue weighted by Crippen LogP contribution is 2.25. The normalized spacial score (nSPS) is 11.6. The smallest absolute Gasteiger partial charge is 0.0627 e. The third kappa shape index (κ3) is 5.90. The molecule has 0 aliphatic carbocycles. The summed E-state index contributed by atoms with van der Waals surface area (Å²) in [7, 11) is 0. The number of rotatable bonds is 7. The van der Waals surface area contributed by atoms with Gasteiger partial charge in [0.15, 0.2) is 0 Å². The van der Waals surface area contributed by atoms with Crippen LogP contribution in [0.15, 0.2) is 30.4 Å². The van der Waals surface area contributed by atoms with Crippen molar-refractivity contribution in [2.75, 3.05) is 13.1 Å². The number of nitrogens with one attached hydrogen (secondary N) is 1. The van der Waals surface area contributed by atoms with Crippen molar-refractivity contribution in [3.63, 3.8) is 0 Å². The molecule has 0 fully saturated rings. The molecule has 0 bridgehead atoms. The van der Waals surface area contributed by atoms with Gasteiger partial charge < -0.3 is 5.32 Å². The molecule has 18 heavy (non-hydrogen) atoms. The second kappa shape index (κ2) is 8.58. The maximum atomic E-state index is 6.11. The lowest BCUT2D eigenvalue weighted by molar-refractivity contribution is 0.556. The highest BCUT2D eigenvalue weighted by molar-refractivity contribution is 6.42. The lowest BCUT2D eigenvalue weighted by Crippen LogP contribution is -2.20. The summed E-state index contributed by atoms with van der Waals surface area (Å²) >= 11 is 12.1. The lowest BCUT2D eigenvalue weighted by atomic mass is 10.1. The maximum Gasteiger partial charge on any atom is 0.0627 e. The lowest BCUT2D eigenvalue weighted by Gasteiger charge is -2.05. The predicted octanol–water partition coefficient (Wildman–Crippen LogP) is 4.73. The summed E-state index contributed by atoms with van der Waals surface area (Å²) in [5, 5.41) is 4.70. The Balaban J connectivity index is 2.26. The van der Waals surface area contributed by atoms with E-state index in [1.165, 1.54) is 0 Å². The summed E-state index contributed by atoms with van der Waals surface area (Å²) in [6, 6.07) is 5.75. The molecule has 0 spiro atoms. The molecule has 0 aromatic heterocycles. The molecule has 0 amide bonds. The van der Waals surface area contributed by atoms with Gasteiger partial charge in [-0.05, 0) is 43.5 Å². The van der Waals surface area contributed by atoms with Crippen molar-refractivity contribution < 1.29 is 0 Å². The number of halogens is 2. The van der Waals surface area contributed by atoms with Crippen molar-refractivity contribution in [2.24, 2.45) is 5.92 Å². The molecular formula is C15H21Cl2N. The van der Waals surface area contributed by atoms with Gasteiger partial charge in [-0.1, -0.05) is 61.3 Å². The molecule has 1 aromatic carbocycles. The maximum absolute atomic E-state index is 6.11. The fraction of sp³-hybridized carbons (Fsp3) is 0.467. The number of benzene rings is 1. The molecule has 0 saturated heterocycles. The SMILES string of the molecule is CC(C)CNCC/C=C/Cc1cccc(Cl)c1Cl. The van der Waals surface area contributed by atoms with E-state index in [9.17, 15) is 0 Å². The fourth-order valence-electron chi connectivity index (χ4n) is 1.61. The van der Waals surface area contributed by atoms with Crippen molar-refractivity contribution >= 4 is 23.2 Å². The number of hydrogen-bond acceptors (Lipinski definition) is 1. The van der Waals surface area contributed by atoms with Gasteiger partial charge in [-0.2, -0.15) is 0 Å². The molecule has 1 N–H and O–H groups in total. The summed E-state index contributed by atoms with van der Waals surface area (Å²) in [5.74, 6) is 0.708. The zero-order chi connectivity index (χ0) is 13.4. The van der Waals surface area contributed by atoms with Gasteiger partial charge in [-0.25, -0.2) is 0 Å². The van der Waals surface area contributed by atoms with Crippen LogP contribution in [0.2, 0.25) is 10.0 Å². The zero-order valence-electron chi connectivity index (χ0n) is 11.0. The van der Waals surface area contributed by atoms with Crippen LogP contribution in [0.5, 0.6) is 0 Å². The molecule has 0 aliphatic rings. The van der Waals surface area contributed by atoms with Crippen LogP contribution in [0.3, 0.4) is 0 Å². The van der Waals surface area contributed by atoms with Gasteiger partial charge in [-0.15, -0.1) is 0 Å². The summed E-state index contributed by atoms with van der Waals surface area (Å²) in [6.07, 6.45) is 6.22. The topological polar surface area (TPSA) is 12.0 Å².